The second kappa shape index (κ2) is 15.8. The Morgan fingerprint density at radius 3 is 2.32 bits per heavy atom. The fraction of sp³-hybridized carbons (Fsp3) is 0.647. The zero-order valence-corrected chi connectivity index (χ0v) is 14.1. The van der Waals surface area contributed by atoms with Crippen LogP contribution >= 0.6 is 0 Å². The number of aliphatic hydroxyl groups excluding tert-OH is 1. The standard InChI is InChI=1S/C12H22O2.C5H8O3/c1-5-7-8-11(6-2)9-14-12(13)10(3)4;1-2-5(7)8-4-3-6/h11H,3,5-9H2,1-2,4H3;2,6H,1,3-4H2. The van der Waals surface area contributed by atoms with Gasteiger partial charge in [0.05, 0.1) is 13.2 Å². The highest BCUT2D eigenvalue weighted by Gasteiger charge is 2.09. The van der Waals surface area contributed by atoms with E-state index in [2.05, 4.69) is 31.7 Å². The molecule has 0 aromatic heterocycles. The van der Waals surface area contributed by atoms with Crippen molar-refractivity contribution in [3.8, 4) is 0 Å². The first-order valence-corrected chi connectivity index (χ1v) is 7.65. The molecule has 0 amide bonds. The third-order valence-electron chi connectivity index (χ3n) is 2.84. The molecule has 0 rings (SSSR count). The van der Waals surface area contributed by atoms with Crippen LogP contribution in [0.2, 0.25) is 0 Å². The van der Waals surface area contributed by atoms with E-state index in [9.17, 15) is 9.59 Å². The van der Waals surface area contributed by atoms with Crippen LogP contribution in [0, 0.1) is 5.92 Å². The van der Waals surface area contributed by atoms with E-state index in [1.807, 2.05) is 0 Å². The van der Waals surface area contributed by atoms with Crippen molar-refractivity contribution in [3.05, 3.63) is 24.8 Å². The van der Waals surface area contributed by atoms with Crippen LogP contribution in [-0.4, -0.2) is 36.9 Å². The van der Waals surface area contributed by atoms with Gasteiger partial charge in [-0.1, -0.05) is 46.3 Å². The highest BCUT2D eigenvalue weighted by atomic mass is 16.5. The van der Waals surface area contributed by atoms with Gasteiger partial charge in [0.25, 0.3) is 0 Å². The first-order valence-electron chi connectivity index (χ1n) is 7.65. The fourth-order valence-electron chi connectivity index (χ4n) is 1.42. The topological polar surface area (TPSA) is 72.8 Å². The van der Waals surface area contributed by atoms with Crippen LogP contribution in [0.25, 0.3) is 0 Å². The molecule has 0 aliphatic carbocycles. The van der Waals surface area contributed by atoms with Crippen molar-refractivity contribution in [2.24, 2.45) is 5.92 Å². The first-order chi connectivity index (χ1) is 10.4. The number of esters is 2. The quantitative estimate of drug-likeness (QED) is 0.495. The van der Waals surface area contributed by atoms with Crippen molar-refractivity contribution in [2.45, 2.75) is 46.5 Å². The Morgan fingerprint density at radius 1 is 1.27 bits per heavy atom. The van der Waals surface area contributed by atoms with Gasteiger partial charge in [-0.2, -0.15) is 0 Å². The van der Waals surface area contributed by atoms with E-state index in [4.69, 9.17) is 9.84 Å². The van der Waals surface area contributed by atoms with Crippen molar-refractivity contribution in [3.63, 3.8) is 0 Å². The molecular weight excluding hydrogens is 284 g/mol. The van der Waals surface area contributed by atoms with E-state index >= 15 is 0 Å². The van der Waals surface area contributed by atoms with Gasteiger partial charge in [-0.15, -0.1) is 0 Å². The molecule has 5 heteroatoms. The molecule has 1 atom stereocenters. The Labute approximate surface area is 134 Å². The van der Waals surface area contributed by atoms with Crippen molar-refractivity contribution < 1.29 is 24.2 Å². The minimum atomic E-state index is -0.501. The number of carbonyl (C=O) groups excluding carboxylic acids is 2. The molecule has 0 bridgehead atoms. The summed E-state index contributed by atoms with van der Waals surface area (Å²) >= 11 is 0. The van der Waals surface area contributed by atoms with Crippen molar-refractivity contribution in [1.82, 2.24) is 0 Å². The molecular formula is C17H30O5. The summed E-state index contributed by atoms with van der Waals surface area (Å²) in [5.74, 6) is -0.253. The minimum Gasteiger partial charge on any atom is -0.462 e. The Morgan fingerprint density at radius 2 is 1.91 bits per heavy atom. The SMILES string of the molecule is C=C(C)C(=O)OCC(CC)CCCC.C=CC(=O)OCCO. The minimum absolute atomic E-state index is 0.0465. The van der Waals surface area contributed by atoms with Crippen molar-refractivity contribution in [1.29, 1.82) is 0 Å². The molecule has 128 valence electrons. The maximum atomic E-state index is 11.1. The van der Waals surface area contributed by atoms with E-state index in [1.165, 1.54) is 12.8 Å². The molecule has 1 N–H and O–H groups in total. The summed E-state index contributed by atoms with van der Waals surface area (Å²) in [5, 5.41) is 8.10. The summed E-state index contributed by atoms with van der Waals surface area (Å²) < 4.78 is 9.45. The lowest BCUT2D eigenvalue weighted by Gasteiger charge is -2.14. The van der Waals surface area contributed by atoms with Gasteiger partial charge in [0, 0.05) is 11.6 Å². The summed E-state index contributed by atoms with van der Waals surface area (Å²) in [5.41, 5.74) is 0.482. The molecule has 0 radical (unpaired) electrons. The van der Waals surface area contributed by atoms with E-state index in [0.29, 0.717) is 18.1 Å². The molecule has 0 saturated heterocycles. The third-order valence-corrected chi connectivity index (χ3v) is 2.84. The van der Waals surface area contributed by atoms with Gasteiger partial charge in [-0.3, -0.25) is 0 Å². The highest BCUT2D eigenvalue weighted by Crippen LogP contribution is 2.13. The van der Waals surface area contributed by atoms with Crippen molar-refractivity contribution in [2.75, 3.05) is 19.8 Å². The van der Waals surface area contributed by atoms with Crippen LogP contribution in [0.15, 0.2) is 24.8 Å². The Balaban J connectivity index is 0. The Hall–Kier alpha value is -1.62. The Kier molecular flexibility index (Phi) is 16.2. The lowest BCUT2D eigenvalue weighted by atomic mass is 10.0. The number of hydrogen-bond acceptors (Lipinski definition) is 5. The second-order valence-electron chi connectivity index (χ2n) is 4.89. The number of ether oxygens (including phenoxy) is 2. The van der Waals surface area contributed by atoms with Crippen LogP contribution < -0.4 is 0 Å². The zero-order chi connectivity index (χ0) is 17.4. The fourth-order valence-corrected chi connectivity index (χ4v) is 1.42. The van der Waals surface area contributed by atoms with E-state index in [0.717, 1.165) is 18.9 Å². The maximum Gasteiger partial charge on any atom is 0.333 e. The molecule has 0 fully saturated rings. The molecule has 0 aliphatic heterocycles. The van der Waals surface area contributed by atoms with Gasteiger partial charge in [0.15, 0.2) is 0 Å². The summed E-state index contributed by atoms with van der Waals surface area (Å²) in [6.45, 7) is 13.1. The molecule has 0 spiro atoms. The number of rotatable bonds is 10. The summed E-state index contributed by atoms with van der Waals surface area (Å²) in [6, 6.07) is 0. The molecule has 1 unspecified atom stereocenters. The number of carbonyl (C=O) groups is 2. The van der Waals surface area contributed by atoms with Gasteiger partial charge in [0.2, 0.25) is 0 Å². The molecule has 0 aromatic rings. The van der Waals surface area contributed by atoms with Gasteiger partial charge < -0.3 is 14.6 Å². The molecule has 5 nitrogen and oxygen atoms in total. The molecule has 0 saturated carbocycles. The molecule has 0 aromatic carbocycles. The van der Waals surface area contributed by atoms with Gasteiger partial charge in [-0.05, 0) is 19.3 Å². The molecule has 0 heterocycles. The summed E-state index contributed by atoms with van der Waals surface area (Å²) in [6.07, 6.45) is 5.68. The van der Waals surface area contributed by atoms with Crippen LogP contribution in [0.4, 0.5) is 0 Å². The summed E-state index contributed by atoms with van der Waals surface area (Å²) in [4.78, 5) is 21.2. The van der Waals surface area contributed by atoms with Gasteiger partial charge in [-0.25, -0.2) is 9.59 Å². The third kappa shape index (κ3) is 14.8. The highest BCUT2D eigenvalue weighted by molar-refractivity contribution is 5.86. The second-order valence-corrected chi connectivity index (χ2v) is 4.89. The average molecular weight is 314 g/mol. The van der Waals surface area contributed by atoms with Crippen LogP contribution in [-0.2, 0) is 19.1 Å². The molecule has 22 heavy (non-hydrogen) atoms. The normalized spacial score (nSPS) is 10.7. The number of unbranched alkanes of at least 4 members (excludes halogenated alkanes) is 1. The van der Waals surface area contributed by atoms with Crippen LogP contribution in [0.1, 0.15) is 46.5 Å². The van der Waals surface area contributed by atoms with E-state index in [-0.39, 0.29) is 19.2 Å². The van der Waals surface area contributed by atoms with Crippen LogP contribution in [0.3, 0.4) is 0 Å². The number of hydrogen-bond donors (Lipinski definition) is 1. The zero-order valence-electron chi connectivity index (χ0n) is 14.1. The average Bonchev–Trinajstić information content (AvgIpc) is 2.52. The molecule has 0 aliphatic rings. The lowest BCUT2D eigenvalue weighted by Crippen LogP contribution is -2.14. The Bertz CT molecular complexity index is 336. The largest absolute Gasteiger partial charge is 0.462 e. The van der Waals surface area contributed by atoms with E-state index < -0.39 is 5.97 Å². The monoisotopic (exact) mass is 314 g/mol. The van der Waals surface area contributed by atoms with Gasteiger partial charge >= 0.3 is 11.9 Å². The lowest BCUT2D eigenvalue weighted by molar-refractivity contribution is -0.140. The van der Waals surface area contributed by atoms with Crippen LogP contribution in [0.5, 0.6) is 0 Å². The maximum absolute atomic E-state index is 11.1. The number of aliphatic hydroxyl groups is 1. The first kappa shape index (κ1) is 22.7. The smallest absolute Gasteiger partial charge is 0.333 e. The van der Waals surface area contributed by atoms with Gasteiger partial charge in [0.1, 0.15) is 6.61 Å². The van der Waals surface area contributed by atoms with E-state index in [1.54, 1.807) is 6.92 Å². The summed E-state index contributed by atoms with van der Waals surface area (Å²) in [7, 11) is 0. The predicted octanol–water partition coefficient (Wildman–Crippen LogP) is 3.03. The predicted molar refractivity (Wildman–Crippen MR) is 87.3 cm³/mol. The van der Waals surface area contributed by atoms with Crippen molar-refractivity contribution >= 4 is 11.9 Å².